The molecule has 1 N–H and O–H groups in total. The molecule has 0 aromatic carbocycles. The number of fused-ring (bicyclic) bond motifs is 3. The number of piperidine rings is 1. The van der Waals surface area contributed by atoms with E-state index in [-0.39, 0.29) is 42.1 Å². The standard InChI is InChI=1S/C39H47F3N8O4/c1-4-53-34(51)20-54-27-15-25-9-10-26(16-27)50(25)33-19-43-30(18-44-33)36-47-35-31(49(2)21-38(22-52-3)11-5-6-12-38)17-29(46-37(35)48-36)24-13-28(23-7-8-23)45-32(14-24)39(40,41)42/h13-14,17-19,23,25-27H,4-12,15-16,20-22H2,1-3H3,(H,46,47,48)/t25-,26+,27?. The van der Waals surface area contributed by atoms with Crippen LogP contribution < -0.4 is 9.80 Å². The highest BCUT2D eigenvalue weighted by Crippen LogP contribution is 2.44. The molecule has 4 fully saturated rings. The van der Waals surface area contributed by atoms with Gasteiger partial charge < -0.3 is 29.0 Å². The first-order valence-electron chi connectivity index (χ1n) is 19.1. The first-order valence-corrected chi connectivity index (χ1v) is 19.1. The third-order valence-corrected chi connectivity index (χ3v) is 11.5. The third kappa shape index (κ3) is 7.48. The second kappa shape index (κ2) is 14.7. The number of rotatable bonds is 13. The van der Waals surface area contributed by atoms with Crippen LogP contribution >= 0.6 is 0 Å². The van der Waals surface area contributed by atoms with Gasteiger partial charge in [0.05, 0.1) is 43.1 Å². The van der Waals surface area contributed by atoms with E-state index in [4.69, 9.17) is 34.1 Å². The van der Waals surface area contributed by atoms with Gasteiger partial charge in [-0.1, -0.05) is 12.8 Å². The summed E-state index contributed by atoms with van der Waals surface area (Å²) < 4.78 is 58.8. The van der Waals surface area contributed by atoms with Crippen molar-refractivity contribution in [1.82, 2.24) is 29.9 Å². The number of carbonyl (C=O) groups is 1. The number of alkyl halides is 3. The van der Waals surface area contributed by atoms with E-state index in [9.17, 15) is 18.0 Å². The average Bonchev–Trinajstić information content (AvgIpc) is 3.67. The van der Waals surface area contributed by atoms with Crippen molar-refractivity contribution in [2.45, 2.75) is 101 Å². The molecule has 4 aliphatic rings. The lowest BCUT2D eigenvalue weighted by molar-refractivity contribution is -0.151. The van der Waals surface area contributed by atoms with Gasteiger partial charge in [0.15, 0.2) is 11.5 Å². The molecule has 15 heteroatoms. The Kier molecular flexibility index (Phi) is 9.96. The highest BCUT2D eigenvalue weighted by molar-refractivity contribution is 5.91. The lowest BCUT2D eigenvalue weighted by atomic mass is 9.86. The molecule has 12 nitrogen and oxygen atoms in total. The summed E-state index contributed by atoms with van der Waals surface area (Å²) in [6.07, 6.45) is 8.45. The van der Waals surface area contributed by atoms with E-state index in [1.165, 1.54) is 0 Å². The molecule has 288 valence electrons. The van der Waals surface area contributed by atoms with Crippen LogP contribution in [0, 0.1) is 5.41 Å². The predicted octanol–water partition coefficient (Wildman–Crippen LogP) is 7.10. The summed E-state index contributed by atoms with van der Waals surface area (Å²) in [7, 11) is 3.73. The molecule has 4 aromatic heterocycles. The Bertz CT molecular complexity index is 1960. The van der Waals surface area contributed by atoms with E-state index in [2.05, 4.69) is 19.8 Å². The molecule has 0 radical (unpaired) electrons. The molecule has 2 saturated heterocycles. The van der Waals surface area contributed by atoms with Gasteiger partial charge in [0.1, 0.15) is 29.3 Å². The molecule has 2 aliphatic carbocycles. The second-order valence-corrected chi connectivity index (χ2v) is 15.5. The molecule has 2 aliphatic heterocycles. The van der Waals surface area contributed by atoms with Crippen LogP contribution in [-0.4, -0.2) is 94.6 Å². The maximum Gasteiger partial charge on any atom is 0.433 e. The predicted molar refractivity (Wildman–Crippen MR) is 196 cm³/mol. The molecule has 0 amide bonds. The Morgan fingerprint density at radius 2 is 1.76 bits per heavy atom. The van der Waals surface area contributed by atoms with Crippen LogP contribution in [0.3, 0.4) is 0 Å². The summed E-state index contributed by atoms with van der Waals surface area (Å²) in [5, 5.41) is 0. The zero-order valence-electron chi connectivity index (χ0n) is 31.0. The number of aromatic nitrogens is 6. The van der Waals surface area contributed by atoms with Crippen LogP contribution in [0.5, 0.6) is 0 Å². The monoisotopic (exact) mass is 748 g/mol. The highest BCUT2D eigenvalue weighted by Gasteiger charge is 2.42. The van der Waals surface area contributed by atoms with Gasteiger partial charge in [-0.05, 0) is 76.5 Å². The Labute approximate surface area is 312 Å². The SMILES string of the molecule is CCOC(=O)COC1C[C@H]2CC[C@@H](C1)N2c1cnc(-c2nc3nc(-c4cc(C5CC5)nc(C(F)(F)F)c4)cc(N(C)CC4(COC)CCCC4)c3[nH]2)cn1. The number of imidazole rings is 1. The topological polar surface area (TPSA) is 131 Å². The van der Waals surface area contributed by atoms with Crippen molar-refractivity contribution in [3.63, 3.8) is 0 Å². The molecule has 4 aromatic rings. The Morgan fingerprint density at radius 3 is 2.41 bits per heavy atom. The van der Waals surface area contributed by atoms with E-state index in [0.717, 1.165) is 81.8 Å². The first kappa shape index (κ1) is 36.6. The molecular weight excluding hydrogens is 701 g/mol. The number of ether oxygens (including phenoxy) is 3. The Balaban J connectivity index is 1.10. The largest absolute Gasteiger partial charge is 0.464 e. The number of anilines is 2. The van der Waals surface area contributed by atoms with Crippen molar-refractivity contribution in [3.05, 3.63) is 42.0 Å². The van der Waals surface area contributed by atoms with Gasteiger partial charge in [-0.2, -0.15) is 13.2 Å². The van der Waals surface area contributed by atoms with Crippen LogP contribution in [0.2, 0.25) is 0 Å². The van der Waals surface area contributed by atoms with Gasteiger partial charge in [0.25, 0.3) is 0 Å². The average molecular weight is 749 g/mol. The molecule has 54 heavy (non-hydrogen) atoms. The van der Waals surface area contributed by atoms with Crippen LogP contribution in [0.25, 0.3) is 33.9 Å². The first-order chi connectivity index (χ1) is 26.0. The number of pyridine rings is 2. The number of esters is 1. The number of hydrogen-bond donors (Lipinski definition) is 1. The fourth-order valence-corrected chi connectivity index (χ4v) is 8.95. The molecular formula is C39H47F3N8O4. The maximum atomic E-state index is 14.1. The van der Waals surface area contributed by atoms with E-state index >= 15 is 0 Å². The quantitative estimate of drug-likeness (QED) is 0.141. The molecule has 3 atom stereocenters. The number of nitrogens with one attached hydrogen (secondary N) is 1. The minimum atomic E-state index is -4.59. The summed E-state index contributed by atoms with van der Waals surface area (Å²) in [6, 6.07) is 5.16. The van der Waals surface area contributed by atoms with Crippen LogP contribution in [-0.2, 0) is 25.2 Å². The fraction of sp³-hybridized carbons (Fsp3) is 0.590. The van der Waals surface area contributed by atoms with E-state index in [1.54, 1.807) is 32.5 Å². The van der Waals surface area contributed by atoms with Crippen molar-refractivity contribution in [3.8, 4) is 22.8 Å². The van der Waals surface area contributed by atoms with Gasteiger partial charge >= 0.3 is 12.1 Å². The molecule has 2 saturated carbocycles. The third-order valence-electron chi connectivity index (χ3n) is 11.5. The van der Waals surface area contributed by atoms with Gasteiger partial charge in [0, 0.05) is 55.4 Å². The van der Waals surface area contributed by atoms with Gasteiger partial charge in [0.2, 0.25) is 0 Å². The number of halogens is 3. The minimum Gasteiger partial charge on any atom is -0.464 e. The minimum absolute atomic E-state index is 0.0128. The molecule has 0 spiro atoms. The zero-order valence-corrected chi connectivity index (χ0v) is 31.0. The summed E-state index contributed by atoms with van der Waals surface area (Å²) in [5.74, 6) is 0.924. The van der Waals surface area contributed by atoms with Crippen molar-refractivity contribution in [2.24, 2.45) is 5.41 Å². The summed E-state index contributed by atoms with van der Waals surface area (Å²) >= 11 is 0. The number of nitrogens with zero attached hydrogens (tertiary/aromatic N) is 7. The zero-order chi connectivity index (χ0) is 37.6. The lowest BCUT2D eigenvalue weighted by Gasteiger charge is -2.39. The normalized spacial score (nSPS) is 22.3. The number of methoxy groups -OCH3 is 1. The Hall–Kier alpha value is -4.37. The van der Waals surface area contributed by atoms with Crippen molar-refractivity contribution in [2.75, 3.05) is 50.3 Å². The maximum absolute atomic E-state index is 14.1. The van der Waals surface area contributed by atoms with Gasteiger partial charge in [-0.15, -0.1) is 0 Å². The smallest absolute Gasteiger partial charge is 0.433 e. The molecule has 2 bridgehead atoms. The molecule has 1 unspecified atom stereocenters. The number of hydrogen-bond acceptors (Lipinski definition) is 11. The van der Waals surface area contributed by atoms with Crippen molar-refractivity contribution in [1.29, 1.82) is 0 Å². The summed E-state index contributed by atoms with van der Waals surface area (Å²) in [5.41, 5.74) is 2.61. The lowest BCUT2D eigenvalue weighted by Crippen LogP contribution is -2.46. The molecule has 8 rings (SSSR count). The van der Waals surface area contributed by atoms with E-state index in [1.807, 2.05) is 13.1 Å². The van der Waals surface area contributed by atoms with Gasteiger partial charge in [-0.25, -0.2) is 29.7 Å². The van der Waals surface area contributed by atoms with Crippen LogP contribution in [0.4, 0.5) is 24.7 Å². The van der Waals surface area contributed by atoms with Crippen molar-refractivity contribution >= 4 is 28.6 Å². The van der Waals surface area contributed by atoms with E-state index in [0.29, 0.717) is 59.4 Å². The van der Waals surface area contributed by atoms with Crippen LogP contribution in [0.1, 0.15) is 88.4 Å². The van der Waals surface area contributed by atoms with Crippen LogP contribution in [0.15, 0.2) is 30.6 Å². The second-order valence-electron chi connectivity index (χ2n) is 15.5. The van der Waals surface area contributed by atoms with Crippen molar-refractivity contribution < 1.29 is 32.2 Å². The Morgan fingerprint density at radius 1 is 1.00 bits per heavy atom. The summed E-state index contributed by atoms with van der Waals surface area (Å²) in [4.78, 5) is 43.1. The van der Waals surface area contributed by atoms with E-state index < -0.39 is 11.9 Å². The molecule has 6 heterocycles. The summed E-state index contributed by atoms with van der Waals surface area (Å²) in [6.45, 7) is 3.40. The fourth-order valence-electron chi connectivity index (χ4n) is 8.95. The highest BCUT2D eigenvalue weighted by atomic mass is 19.4. The number of carbonyl (C=O) groups excluding carboxylic acids is 1. The van der Waals surface area contributed by atoms with Gasteiger partial charge in [-0.3, -0.25) is 0 Å². The number of H-pyrrole nitrogens is 1. The number of aromatic amines is 1.